The first-order chi connectivity index (χ1) is 16.8. The van der Waals surface area contributed by atoms with E-state index in [0.717, 1.165) is 58.5 Å². The third-order valence-corrected chi connectivity index (χ3v) is 9.13. The molecule has 0 spiro atoms. The van der Waals surface area contributed by atoms with Gasteiger partial charge in [0.05, 0.1) is 19.3 Å². The van der Waals surface area contributed by atoms with Crippen molar-refractivity contribution >= 4 is 11.8 Å². The number of amides is 2. The molecule has 194 valence electrons. The van der Waals surface area contributed by atoms with Crippen molar-refractivity contribution in [3.05, 3.63) is 35.9 Å². The van der Waals surface area contributed by atoms with Crippen LogP contribution in [0.2, 0.25) is 0 Å². The fourth-order valence-corrected chi connectivity index (χ4v) is 6.86. The maximum atomic E-state index is 13.0. The summed E-state index contributed by atoms with van der Waals surface area (Å²) in [5.74, 6) is -0.145. The molecule has 3 aliphatic rings. The van der Waals surface area contributed by atoms with Crippen molar-refractivity contribution in [3.8, 4) is 0 Å². The highest BCUT2D eigenvalue weighted by molar-refractivity contribution is 5.94. The molecule has 2 amide bonds. The smallest absolute Gasteiger partial charge is 0.251 e. The van der Waals surface area contributed by atoms with Gasteiger partial charge >= 0.3 is 0 Å². The Morgan fingerprint density at radius 3 is 2.57 bits per heavy atom. The Morgan fingerprint density at radius 2 is 1.86 bits per heavy atom. The van der Waals surface area contributed by atoms with Crippen molar-refractivity contribution in [1.29, 1.82) is 0 Å². The number of aliphatic hydroxyl groups is 1. The van der Waals surface area contributed by atoms with Gasteiger partial charge in [0.1, 0.15) is 0 Å². The summed E-state index contributed by atoms with van der Waals surface area (Å²) in [6, 6.07) is 9.34. The highest BCUT2D eigenvalue weighted by Crippen LogP contribution is 2.55. The second kappa shape index (κ2) is 11.4. The Balaban J connectivity index is 1.36. The molecular weight excluding hydrogens is 442 g/mol. The molecule has 0 unspecified atom stereocenters. The number of benzene rings is 1. The molecule has 2 aliphatic carbocycles. The number of hydrogen-bond acceptors (Lipinski definition) is 5. The molecule has 1 aliphatic heterocycles. The molecule has 35 heavy (non-hydrogen) atoms. The third-order valence-electron chi connectivity index (χ3n) is 9.13. The average molecular weight is 486 g/mol. The maximum Gasteiger partial charge on any atom is 0.251 e. The van der Waals surface area contributed by atoms with Crippen molar-refractivity contribution in [1.82, 2.24) is 15.5 Å². The lowest BCUT2D eigenvalue weighted by Gasteiger charge is -2.56. The highest BCUT2D eigenvalue weighted by Gasteiger charge is 2.53. The standard InChI is InChI=1S/C28H43N3O4/c1-19(26(33)29-13-14-31-15-17-35-18-16-31)22-9-11-28(3)12-10-23(20(2)24(28)25(22)32)30-27(34)21-7-5-4-6-8-21/h4-8,19-20,22-25,32H,9-18H2,1-3H3,(H,29,33)(H,30,34)/t19-,20-,22+,23-,24+,25-,28+/m0/s1. The number of nitrogens with one attached hydrogen (secondary N) is 2. The van der Waals surface area contributed by atoms with Gasteiger partial charge in [-0.2, -0.15) is 0 Å². The van der Waals surface area contributed by atoms with Crippen LogP contribution in [0.4, 0.5) is 0 Å². The molecule has 0 radical (unpaired) electrons. The van der Waals surface area contributed by atoms with Gasteiger partial charge in [0.25, 0.3) is 5.91 Å². The van der Waals surface area contributed by atoms with E-state index in [-0.39, 0.29) is 46.9 Å². The zero-order valence-corrected chi connectivity index (χ0v) is 21.5. The molecule has 3 fully saturated rings. The molecule has 0 aromatic heterocycles. The normalized spacial score (nSPS) is 34.5. The summed E-state index contributed by atoms with van der Waals surface area (Å²) in [5.41, 5.74) is 0.702. The minimum atomic E-state index is -0.555. The Kier molecular flexibility index (Phi) is 8.50. The van der Waals surface area contributed by atoms with Crippen LogP contribution in [0.5, 0.6) is 0 Å². The topological polar surface area (TPSA) is 90.9 Å². The summed E-state index contributed by atoms with van der Waals surface area (Å²) in [7, 11) is 0. The van der Waals surface area contributed by atoms with Gasteiger partial charge in [0, 0.05) is 43.7 Å². The lowest BCUT2D eigenvalue weighted by atomic mass is 9.51. The Morgan fingerprint density at radius 1 is 1.17 bits per heavy atom. The zero-order chi connectivity index (χ0) is 25.0. The van der Waals surface area contributed by atoms with E-state index in [4.69, 9.17) is 4.74 Å². The molecule has 3 N–H and O–H groups in total. The quantitative estimate of drug-likeness (QED) is 0.553. The summed E-state index contributed by atoms with van der Waals surface area (Å²) in [4.78, 5) is 28.1. The number of ether oxygens (including phenoxy) is 1. The molecular formula is C28H43N3O4. The SMILES string of the molecule is C[C@@H]1[C@@H]2[C@@H](O)[C@@H]([C@H](C)C(=O)NCCN3CCOCC3)CC[C@]2(C)CC[C@@H]1NC(=O)c1ccccc1. The molecule has 1 aromatic rings. The minimum absolute atomic E-state index is 0.0202. The summed E-state index contributed by atoms with van der Waals surface area (Å²) in [6.07, 6.45) is 3.21. The number of aliphatic hydroxyl groups excluding tert-OH is 1. The predicted molar refractivity (Wildman–Crippen MR) is 136 cm³/mol. The fraction of sp³-hybridized carbons (Fsp3) is 0.714. The van der Waals surface area contributed by atoms with Gasteiger partial charge in [-0.1, -0.05) is 39.0 Å². The van der Waals surface area contributed by atoms with Crippen molar-refractivity contribution < 1.29 is 19.4 Å². The van der Waals surface area contributed by atoms with Crippen molar-refractivity contribution in [2.24, 2.45) is 29.1 Å². The minimum Gasteiger partial charge on any atom is -0.392 e. The molecule has 1 saturated heterocycles. The predicted octanol–water partition coefficient (Wildman–Crippen LogP) is 2.69. The Hall–Kier alpha value is -1.96. The summed E-state index contributed by atoms with van der Waals surface area (Å²) >= 11 is 0. The number of carbonyl (C=O) groups excluding carboxylic acids is 2. The molecule has 1 heterocycles. The van der Waals surface area contributed by atoms with Crippen molar-refractivity contribution in [3.63, 3.8) is 0 Å². The summed E-state index contributed by atoms with van der Waals surface area (Å²) in [5, 5.41) is 17.9. The lowest BCUT2D eigenvalue weighted by Crippen LogP contribution is -2.58. The van der Waals surface area contributed by atoms with Gasteiger partial charge in [-0.15, -0.1) is 0 Å². The van der Waals surface area contributed by atoms with E-state index in [2.05, 4.69) is 29.4 Å². The van der Waals surface area contributed by atoms with E-state index in [1.807, 2.05) is 37.3 Å². The number of fused-ring (bicyclic) bond motifs is 1. The second-order valence-electron chi connectivity index (χ2n) is 11.3. The van der Waals surface area contributed by atoms with Gasteiger partial charge in [-0.25, -0.2) is 0 Å². The molecule has 4 rings (SSSR count). The first kappa shape index (κ1) is 26.1. The van der Waals surface area contributed by atoms with E-state index in [0.29, 0.717) is 12.1 Å². The van der Waals surface area contributed by atoms with E-state index in [1.165, 1.54) is 0 Å². The fourth-order valence-electron chi connectivity index (χ4n) is 6.86. The van der Waals surface area contributed by atoms with E-state index in [9.17, 15) is 14.7 Å². The van der Waals surface area contributed by atoms with E-state index >= 15 is 0 Å². The van der Waals surface area contributed by atoms with Crippen LogP contribution in [-0.4, -0.2) is 73.4 Å². The van der Waals surface area contributed by atoms with Crippen LogP contribution in [0.25, 0.3) is 0 Å². The van der Waals surface area contributed by atoms with Crippen LogP contribution in [-0.2, 0) is 9.53 Å². The van der Waals surface area contributed by atoms with Gasteiger partial charge in [-0.3, -0.25) is 14.5 Å². The van der Waals surface area contributed by atoms with Crippen LogP contribution in [0.15, 0.2) is 30.3 Å². The monoisotopic (exact) mass is 485 g/mol. The highest BCUT2D eigenvalue weighted by atomic mass is 16.5. The summed E-state index contributed by atoms with van der Waals surface area (Å²) < 4.78 is 5.39. The second-order valence-corrected chi connectivity index (χ2v) is 11.3. The van der Waals surface area contributed by atoms with Gasteiger partial charge in [0.2, 0.25) is 5.91 Å². The molecule has 7 atom stereocenters. The van der Waals surface area contributed by atoms with Crippen molar-refractivity contribution in [2.75, 3.05) is 39.4 Å². The first-order valence-corrected chi connectivity index (χ1v) is 13.4. The largest absolute Gasteiger partial charge is 0.392 e. The molecule has 0 bridgehead atoms. The van der Waals surface area contributed by atoms with Crippen LogP contribution in [0.3, 0.4) is 0 Å². The molecule has 2 saturated carbocycles. The third kappa shape index (κ3) is 5.89. The zero-order valence-electron chi connectivity index (χ0n) is 21.5. The van der Waals surface area contributed by atoms with E-state index < -0.39 is 6.10 Å². The summed E-state index contributed by atoms with van der Waals surface area (Å²) in [6.45, 7) is 11.2. The lowest BCUT2D eigenvalue weighted by molar-refractivity contribution is -0.142. The van der Waals surface area contributed by atoms with Crippen LogP contribution in [0.1, 0.15) is 56.8 Å². The molecule has 7 nitrogen and oxygen atoms in total. The number of carbonyl (C=O) groups is 2. The number of hydrogen-bond donors (Lipinski definition) is 3. The van der Waals surface area contributed by atoms with Crippen LogP contribution >= 0.6 is 0 Å². The van der Waals surface area contributed by atoms with E-state index in [1.54, 1.807) is 0 Å². The molecule has 7 heteroatoms. The van der Waals surface area contributed by atoms with Gasteiger partial charge in [0.15, 0.2) is 0 Å². The first-order valence-electron chi connectivity index (χ1n) is 13.4. The maximum absolute atomic E-state index is 13.0. The number of rotatable bonds is 7. The van der Waals surface area contributed by atoms with Gasteiger partial charge in [-0.05, 0) is 61.0 Å². The van der Waals surface area contributed by atoms with Crippen LogP contribution < -0.4 is 10.6 Å². The van der Waals surface area contributed by atoms with Crippen molar-refractivity contribution in [2.45, 2.75) is 58.6 Å². The van der Waals surface area contributed by atoms with Gasteiger partial charge < -0.3 is 20.5 Å². The average Bonchev–Trinajstić information content (AvgIpc) is 2.86. The number of nitrogens with zero attached hydrogens (tertiary/aromatic N) is 1. The Labute approximate surface area is 210 Å². The number of morpholine rings is 1. The Bertz CT molecular complexity index is 859. The molecule has 1 aromatic carbocycles. The van der Waals surface area contributed by atoms with Crippen LogP contribution in [0, 0.1) is 29.1 Å².